The van der Waals surface area contributed by atoms with Gasteiger partial charge in [0, 0.05) is 18.1 Å². The molecule has 0 unspecified atom stereocenters. The van der Waals surface area contributed by atoms with E-state index in [1.165, 1.54) is 24.5 Å². The van der Waals surface area contributed by atoms with Crippen molar-refractivity contribution >= 4 is 11.6 Å². The van der Waals surface area contributed by atoms with Crippen molar-refractivity contribution in [3.05, 3.63) is 48.3 Å². The lowest BCUT2D eigenvalue weighted by Crippen LogP contribution is -2.05. The SMILES string of the molecule is FC(F)(F)c1cccc(Nc2ncccn2)c1. The van der Waals surface area contributed by atoms with E-state index in [2.05, 4.69) is 15.3 Å². The zero-order valence-electron chi connectivity index (χ0n) is 8.57. The molecule has 3 nitrogen and oxygen atoms in total. The third-order valence-electron chi connectivity index (χ3n) is 2.01. The van der Waals surface area contributed by atoms with Crippen LogP contribution in [0.25, 0.3) is 0 Å². The van der Waals surface area contributed by atoms with Gasteiger partial charge in [0.25, 0.3) is 0 Å². The summed E-state index contributed by atoms with van der Waals surface area (Å²) in [7, 11) is 0. The van der Waals surface area contributed by atoms with Crippen LogP contribution in [-0.4, -0.2) is 9.97 Å². The van der Waals surface area contributed by atoms with Crippen molar-refractivity contribution in [1.82, 2.24) is 9.97 Å². The number of aromatic nitrogens is 2. The van der Waals surface area contributed by atoms with Crippen LogP contribution in [0.15, 0.2) is 42.7 Å². The summed E-state index contributed by atoms with van der Waals surface area (Å²) in [5, 5.41) is 2.69. The molecule has 1 heterocycles. The van der Waals surface area contributed by atoms with Crippen LogP contribution in [0.4, 0.5) is 24.8 Å². The fourth-order valence-corrected chi connectivity index (χ4v) is 1.27. The molecule has 2 rings (SSSR count). The molecule has 17 heavy (non-hydrogen) atoms. The summed E-state index contributed by atoms with van der Waals surface area (Å²) in [6.07, 6.45) is -1.35. The standard InChI is InChI=1S/C11H8F3N3/c12-11(13,14)8-3-1-4-9(7-8)17-10-15-5-2-6-16-10/h1-7H,(H,15,16,17). The van der Waals surface area contributed by atoms with Crippen LogP contribution in [0.2, 0.25) is 0 Å². The van der Waals surface area contributed by atoms with Gasteiger partial charge in [-0.15, -0.1) is 0 Å². The van der Waals surface area contributed by atoms with E-state index in [1.807, 2.05) is 0 Å². The minimum absolute atomic E-state index is 0.256. The number of benzene rings is 1. The molecule has 88 valence electrons. The molecule has 6 heteroatoms. The second-order valence-corrected chi connectivity index (χ2v) is 3.28. The van der Waals surface area contributed by atoms with Gasteiger partial charge >= 0.3 is 6.18 Å². The molecule has 0 aliphatic carbocycles. The van der Waals surface area contributed by atoms with Crippen LogP contribution in [0.1, 0.15) is 5.56 Å². The van der Waals surface area contributed by atoms with E-state index in [1.54, 1.807) is 6.07 Å². The number of rotatable bonds is 2. The van der Waals surface area contributed by atoms with Gasteiger partial charge in [-0.25, -0.2) is 9.97 Å². The molecular weight excluding hydrogens is 231 g/mol. The second kappa shape index (κ2) is 4.40. The third kappa shape index (κ3) is 2.93. The summed E-state index contributed by atoms with van der Waals surface area (Å²) < 4.78 is 37.3. The summed E-state index contributed by atoms with van der Waals surface area (Å²) in [6, 6.07) is 6.49. The van der Waals surface area contributed by atoms with Crippen LogP contribution < -0.4 is 5.32 Å². The lowest BCUT2D eigenvalue weighted by molar-refractivity contribution is -0.137. The van der Waals surface area contributed by atoms with Crippen LogP contribution in [0.3, 0.4) is 0 Å². The second-order valence-electron chi connectivity index (χ2n) is 3.28. The highest BCUT2D eigenvalue weighted by atomic mass is 19.4. The highest BCUT2D eigenvalue weighted by molar-refractivity contribution is 5.54. The maximum atomic E-state index is 12.4. The molecule has 0 aliphatic rings. The lowest BCUT2D eigenvalue weighted by Gasteiger charge is -2.09. The minimum Gasteiger partial charge on any atom is -0.324 e. The van der Waals surface area contributed by atoms with Crippen molar-refractivity contribution in [2.75, 3.05) is 5.32 Å². The Kier molecular flexibility index (Phi) is 2.95. The maximum absolute atomic E-state index is 12.4. The molecule has 0 amide bonds. The number of anilines is 2. The lowest BCUT2D eigenvalue weighted by atomic mass is 10.2. The Morgan fingerprint density at radius 1 is 1.00 bits per heavy atom. The molecule has 0 bridgehead atoms. The Bertz CT molecular complexity index is 497. The number of nitrogens with zero attached hydrogens (tertiary/aromatic N) is 2. The fourth-order valence-electron chi connectivity index (χ4n) is 1.27. The molecule has 2 aromatic rings. The normalized spacial score (nSPS) is 11.2. The summed E-state index contributed by atoms with van der Waals surface area (Å²) in [5.41, 5.74) is -0.413. The maximum Gasteiger partial charge on any atom is 0.416 e. The summed E-state index contributed by atoms with van der Waals surface area (Å²) in [4.78, 5) is 7.72. The Balaban J connectivity index is 2.23. The molecule has 0 spiro atoms. The largest absolute Gasteiger partial charge is 0.416 e. The number of nitrogens with one attached hydrogen (secondary N) is 1. The van der Waals surface area contributed by atoms with Gasteiger partial charge in [0.05, 0.1) is 5.56 Å². The molecule has 0 atom stereocenters. The Morgan fingerprint density at radius 3 is 2.35 bits per heavy atom. The van der Waals surface area contributed by atoms with Crippen LogP contribution >= 0.6 is 0 Å². The molecule has 0 saturated heterocycles. The summed E-state index contributed by atoms with van der Waals surface area (Å²) in [5.74, 6) is 0.256. The van der Waals surface area contributed by atoms with E-state index in [0.717, 1.165) is 12.1 Å². The van der Waals surface area contributed by atoms with E-state index in [9.17, 15) is 13.2 Å². The molecule has 1 N–H and O–H groups in total. The predicted molar refractivity (Wildman–Crippen MR) is 56.8 cm³/mol. The Morgan fingerprint density at radius 2 is 1.71 bits per heavy atom. The topological polar surface area (TPSA) is 37.8 Å². The van der Waals surface area contributed by atoms with Gasteiger partial charge in [-0.05, 0) is 24.3 Å². The molecule has 1 aromatic heterocycles. The number of hydrogen-bond donors (Lipinski definition) is 1. The summed E-state index contributed by atoms with van der Waals surface area (Å²) in [6.45, 7) is 0. The van der Waals surface area contributed by atoms with E-state index < -0.39 is 11.7 Å². The molecule has 0 radical (unpaired) electrons. The van der Waals surface area contributed by atoms with Gasteiger partial charge < -0.3 is 5.32 Å². The fraction of sp³-hybridized carbons (Fsp3) is 0.0909. The molecule has 0 saturated carbocycles. The van der Waals surface area contributed by atoms with Crippen LogP contribution in [-0.2, 0) is 6.18 Å². The minimum atomic E-state index is -4.35. The Labute approximate surface area is 95.3 Å². The van der Waals surface area contributed by atoms with Gasteiger partial charge in [-0.3, -0.25) is 0 Å². The van der Waals surface area contributed by atoms with Gasteiger partial charge in [-0.2, -0.15) is 13.2 Å². The van der Waals surface area contributed by atoms with E-state index in [0.29, 0.717) is 5.69 Å². The summed E-state index contributed by atoms with van der Waals surface area (Å²) >= 11 is 0. The molecule has 0 fully saturated rings. The number of halogens is 3. The van der Waals surface area contributed by atoms with Crippen molar-refractivity contribution in [3.8, 4) is 0 Å². The van der Waals surface area contributed by atoms with E-state index in [4.69, 9.17) is 0 Å². The average molecular weight is 239 g/mol. The number of hydrogen-bond acceptors (Lipinski definition) is 3. The van der Waals surface area contributed by atoms with Crippen molar-refractivity contribution in [2.45, 2.75) is 6.18 Å². The monoisotopic (exact) mass is 239 g/mol. The Hall–Kier alpha value is -2.11. The zero-order valence-corrected chi connectivity index (χ0v) is 8.57. The van der Waals surface area contributed by atoms with Gasteiger partial charge in [0.2, 0.25) is 5.95 Å². The first kappa shape index (κ1) is 11.4. The van der Waals surface area contributed by atoms with Crippen molar-refractivity contribution < 1.29 is 13.2 Å². The quantitative estimate of drug-likeness (QED) is 0.874. The van der Waals surface area contributed by atoms with Gasteiger partial charge in [0.1, 0.15) is 0 Å². The molecule has 0 aliphatic heterocycles. The average Bonchev–Trinajstić information content (AvgIpc) is 2.29. The highest BCUT2D eigenvalue weighted by Crippen LogP contribution is 2.30. The predicted octanol–water partition coefficient (Wildman–Crippen LogP) is 3.24. The third-order valence-corrected chi connectivity index (χ3v) is 2.01. The van der Waals surface area contributed by atoms with Gasteiger partial charge in [0.15, 0.2) is 0 Å². The first-order valence-electron chi connectivity index (χ1n) is 4.77. The van der Waals surface area contributed by atoms with Crippen LogP contribution in [0, 0.1) is 0 Å². The van der Waals surface area contributed by atoms with Crippen LogP contribution in [0.5, 0.6) is 0 Å². The van der Waals surface area contributed by atoms with E-state index >= 15 is 0 Å². The van der Waals surface area contributed by atoms with Gasteiger partial charge in [-0.1, -0.05) is 6.07 Å². The first-order chi connectivity index (χ1) is 8.05. The molecule has 1 aromatic carbocycles. The number of alkyl halides is 3. The van der Waals surface area contributed by atoms with E-state index in [-0.39, 0.29) is 5.95 Å². The zero-order chi connectivity index (χ0) is 12.3. The highest BCUT2D eigenvalue weighted by Gasteiger charge is 2.30. The molecular formula is C11H8F3N3. The van der Waals surface area contributed by atoms with Crippen molar-refractivity contribution in [1.29, 1.82) is 0 Å². The van der Waals surface area contributed by atoms with Crippen molar-refractivity contribution in [2.24, 2.45) is 0 Å². The smallest absolute Gasteiger partial charge is 0.324 e. The van der Waals surface area contributed by atoms with Crippen molar-refractivity contribution in [3.63, 3.8) is 0 Å². The first-order valence-corrected chi connectivity index (χ1v) is 4.77.